The third-order valence-corrected chi connectivity index (χ3v) is 6.87. The number of aliphatic hydroxyl groups excluding tert-OH is 2. The Hall–Kier alpha value is -4.30. The van der Waals surface area contributed by atoms with Gasteiger partial charge < -0.3 is 19.7 Å². The Morgan fingerprint density at radius 2 is 1.54 bits per heavy atom. The maximum Gasteiger partial charge on any atom is 0.138 e. The van der Waals surface area contributed by atoms with Gasteiger partial charge in [-0.1, -0.05) is 60.7 Å². The first-order chi connectivity index (χ1) is 20.1. The summed E-state index contributed by atoms with van der Waals surface area (Å²) in [6.45, 7) is 0.972. The van der Waals surface area contributed by atoms with Gasteiger partial charge in [0.15, 0.2) is 0 Å². The lowest BCUT2D eigenvalue weighted by atomic mass is 10.0. The molecule has 0 saturated heterocycles. The highest BCUT2D eigenvalue weighted by Gasteiger charge is 2.22. The molecule has 0 saturated carbocycles. The summed E-state index contributed by atoms with van der Waals surface area (Å²) in [5.74, 6) is 1.49. The van der Waals surface area contributed by atoms with E-state index in [0.717, 1.165) is 11.1 Å². The van der Waals surface area contributed by atoms with Crippen LogP contribution in [0.4, 0.5) is 4.39 Å². The van der Waals surface area contributed by atoms with E-state index in [0.29, 0.717) is 47.7 Å². The van der Waals surface area contributed by atoms with Crippen molar-refractivity contribution in [2.75, 3.05) is 19.8 Å². The predicted molar refractivity (Wildman–Crippen MR) is 158 cm³/mol. The van der Waals surface area contributed by atoms with E-state index in [1.54, 1.807) is 18.3 Å². The molecule has 7 heteroatoms. The quantitative estimate of drug-likeness (QED) is 0.186. The molecule has 0 radical (unpaired) electrons. The van der Waals surface area contributed by atoms with E-state index >= 15 is 0 Å². The molecule has 0 unspecified atom stereocenters. The van der Waals surface area contributed by atoms with E-state index in [4.69, 9.17) is 9.47 Å². The van der Waals surface area contributed by atoms with Crippen LogP contribution in [-0.4, -0.2) is 52.0 Å². The molecule has 2 atom stereocenters. The Bertz CT molecular complexity index is 1520. The highest BCUT2D eigenvalue weighted by atomic mass is 19.1. The van der Waals surface area contributed by atoms with Crippen molar-refractivity contribution in [2.24, 2.45) is 0 Å². The minimum absolute atomic E-state index is 0.0775. The molecule has 5 aromatic rings. The number of aliphatic hydroxyl groups is 2. The minimum atomic E-state index is -0.747. The van der Waals surface area contributed by atoms with Crippen LogP contribution in [0.5, 0.6) is 17.2 Å². The van der Waals surface area contributed by atoms with Crippen LogP contribution in [0.2, 0.25) is 0 Å². The first kappa shape index (κ1) is 28.2. The van der Waals surface area contributed by atoms with Crippen LogP contribution in [0, 0.1) is 5.82 Å². The molecule has 4 aromatic carbocycles. The smallest absolute Gasteiger partial charge is 0.138 e. The van der Waals surface area contributed by atoms with Crippen molar-refractivity contribution in [1.29, 1.82) is 0 Å². The lowest BCUT2D eigenvalue weighted by molar-refractivity contribution is 0.0335. The summed E-state index contributed by atoms with van der Waals surface area (Å²) in [4.78, 5) is 6.37. The number of benzene rings is 4. The van der Waals surface area contributed by atoms with E-state index in [2.05, 4.69) is 9.88 Å². The van der Waals surface area contributed by atoms with Gasteiger partial charge in [0.25, 0.3) is 0 Å². The van der Waals surface area contributed by atoms with Crippen molar-refractivity contribution in [1.82, 2.24) is 9.88 Å². The van der Waals surface area contributed by atoms with Crippen LogP contribution in [0.25, 0.3) is 10.9 Å². The number of hydrogen-bond donors (Lipinski definition) is 2. The molecule has 0 aliphatic heterocycles. The normalized spacial score (nSPS) is 12.8. The zero-order valence-electron chi connectivity index (χ0n) is 22.6. The molecule has 0 spiro atoms. The van der Waals surface area contributed by atoms with Gasteiger partial charge in [-0.15, -0.1) is 0 Å². The van der Waals surface area contributed by atoms with Crippen molar-refractivity contribution in [2.45, 2.75) is 25.1 Å². The Morgan fingerprint density at radius 3 is 2.27 bits per heavy atom. The van der Waals surface area contributed by atoms with E-state index in [9.17, 15) is 14.6 Å². The molecule has 2 N–H and O–H groups in total. The molecule has 1 heterocycles. The lowest BCUT2D eigenvalue weighted by Gasteiger charge is -2.32. The largest absolute Gasteiger partial charge is 0.491 e. The summed E-state index contributed by atoms with van der Waals surface area (Å²) in [6, 6.07) is 32.9. The van der Waals surface area contributed by atoms with Crippen LogP contribution in [0.3, 0.4) is 0 Å². The minimum Gasteiger partial charge on any atom is -0.491 e. The van der Waals surface area contributed by atoms with E-state index < -0.39 is 6.10 Å². The van der Waals surface area contributed by atoms with Crippen molar-refractivity contribution in [3.05, 3.63) is 132 Å². The molecule has 210 valence electrons. The zero-order chi connectivity index (χ0) is 28.4. The number of para-hydroxylation sites is 1. The van der Waals surface area contributed by atoms with Gasteiger partial charge in [-0.25, -0.2) is 4.39 Å². The average Bonchev–Trinajstić information content (AvgIpc) is 3.01. The number of ether oxygens (including phenoxy) is 2. The molecular formula is C34H33FN2O4. The van der Waals surface area contributed by atoms with E-state index in [1.807, 2.05) is 84.9 Å². The number of aromatic nitrogens is 1. The molecule has 0 amide bonds. The maximum absolute atomic E-state index is 13.8. The van der Waals surface area contributed by atoms with Gasteiger partial charge in [0, 0.05) is 30.7 Å². The van der Waals surface area contributed by atoms with Crippen LogP contribution in [-0.2, 0) is 13.0 Å². The second kappa shape index (κ2) is 13.9. The number of hydrogen-bond acceptors (Lipinski definition) is 6. The molecular weight excluding hydrogens is 519 g/mol. The van der Waals surface area contributed by atoms with Gasteiger partial charge in [0.05, 0.1) is 12.1 Å². The molecule has 1 aromatic heterocycles. The third-order valence-electron chi connectivity index (χ3n) is 6.87. The fourth-order valence-electron chi connectivity index (χ4n) is 4.78. The summed E-state index contributed by atoms with van der Waals surface area (Å²) in [6.07, 6.45) is 1.46. The van der Waals surface area contributed by atoms with E-state index in [-0.39, 0.29) is 25.1 Å². The van der Waals surface area contributed by atoms with Crippen LogP contribution >= 0.6 is 0 Å². The molecule has 5 rings (SSSR count). The van der Waals surface area contributed by atoms with Gasteiger partial charge >= 0.3 is 0 Å². The third kappa shape index (κ3) is 7.89. The number of fused-ring (bicyclic) bond motifs is 1. The Balaban J connectivity index is 1.27. The van der Waals surface area contributed by atoms with Gasteiger partial charge in [-0.2, -0.15) is 0 Å². The first-order valence-corrected chi connectivity index (χ1v) is 13.6. The number of nitrogens with zero attached hydrogens (tertiary/aromatic N) is 2. The summed E-state index contributed by atoms with van der Waals surface area (Å²) < 4.78 is 25.7. The SMILES string of the molecule is OC[C@H](Cc1ccc(Oc2ccnc3ccc(F)cc23)cc1)N(Cc1ccccc1)C[C@H](O)COc1ccccc1. The Kier molecular flexibility index (Phi) is 9.54. The fraction of sp³-hybridized carbons (Fsp3) is 0.206. The number of halogens is 1. The molecule has 6 nitrogen and oxygen atoms in total. The second-order valence-electron chi connectivity index (χ2n) is 9.95. The number of rotatable bonds is 13. The summed E-state index contributed by atoms with van der Waals surface area (Å²) in [7, 11) is 0. The zero-order valence-corrected chi connectivity index (χ0v) is 22.6. The Labute approximate surface area is 239 Å². The van der Waals surface area contributed by atoms with Gasteiger partial charge in [0.2, 0.25) is 0 Å². The molecule has 0 fully saturated rings. The summed E-state index contributed by atoms with van der Waals surface area (Å²) in [5.41, 5.74) is 2.75. The molecule has 0 aliphatic rings. The van der Waals surface area contributed by atoms with Crippen molar-refractivity contribution in [3.8, 4) is 17.2 Å². The standard InChI is InChI=1S/C34H33FN2O4/c35-27-13-16-33-32(20-27)34(17-18-36-33)41-31-14-11-25(12-15-31)19-28(23-38)37(21-26-7-3-1-4-8-26)22-29(39)24-40-30-9-5-2-6-10-30/h1-18,20,28-29,38-39H,19,21-24H2/t28-,29-/m0/s1. The van der Waals surface area contributed by atoms with Gasteiger partial charge in [-0.05, 0) is 66.1 Å². The van der Waals surface area contributed by atoms with Crippen molar-refractivity contribution in [3.63, 3.8) is 0 Å². The van der Waals surface area contributed by atoms with E-state index in [1.165, 1.54) is 12.1 Å². The average molecular weight is 553 g/mol. The lowest BCUT2D eigenvalue weighted by Crippen LogP contribution is -2.44. The first-order valence-electron chi connectivity index (χ1n) is 13.6. The van der Waals surface area contributed by atoms with Gasteiger partial charge in [-0.3, -0.25) is 9.88 Å². The van der Waals surface area contributed by atoms with Gasteiger partial charge in [0.1, 0.15) is 35.8 Å². The second-order valence-corrected chi connectivity index (χ2v) is 9.95. The van der Waals surface area contributed by atoms with Crippen LogP contribution in [0.15, 0.2) is 115 Å². The highest BCUT2D eigenvalue weighted by Crippen LogP contribution is 2.29. The van der Waals surface area contributed by atoms with Crippen LogP contribution in [0.1, 0.15) is 11.1 Å². The summed E-state index contributed by atoms with van der Waals surface area (Å²) in [5, 5.41) is 21.9. The monoisotopic (exact) mass is 552 g/mol. The molecule has 0 aliphatic carbocycles. The summed E-state index contributed by atoms with van der Waals surface area (Å²) >= 11 is 0. The Morgan fingerprint density at radius 1 is 0.805 bits per heavy atom. The topological polar surface area (TPSA) is 75.1 Å². The predicted octanol–water partition coefficient (Wildman–Crippen LogP) is 6.01. The molecule has 0 bridgehead atoms. The number of pyridine rings is 1. The maximum atomic E-state index is 13.8. The van der Waals surface area contributed by atoms with Crippen molar-refractivity contribution >= 4 is 10.9 Å². The molecule has 41 heavy (non-hydrogen) atoms. The fourth-order valence-corrected chi connectivity index (χ4v) is 4.78. The van der Waals surface area contributed by atoms with Crippen molar-refractivity contribution < 1.29 is 24.1 Å². The highest BCUT2D eigenvalue weighted by molar-refractivity contribution is 5.85. The van der Waals surface area contributed by atoms with Crippen LogP contribution < -0.4 is 9.47 Å².